The molecule has 0 saturated heterocycles. The molecule has 146 valence electrons. The number of rotatable bonds is 6. The molecular weight excluding hydrogens is 361 g/mol. The molecule has 1 amide bonds. The molecule has 7 heteroatoms. The molecule has 6 nitrogen and oxygen atoms in total. The summed E-state index contributed by atoms with van der Waals surface area (Å²) < 4.78 is 14.3. The number of H-pyrrole nitrogens is 1. The fourth-order valence-corrected chi connectivity index (χ4v) is 3.17. The third-order valence-electron chi connectivity index (χ3n) is 4.66. The molecule has 1 atom stereocenters. The molecule has 2 N–H and O–H groups in total. The zero-order chi connectivity index (χ0) is 20.3. The van der Waals surface area contributed by atoms with Gasteiger partial charge in [0.2, 0.25) is 5.91 Å². The van der Waals surface area contributed by atoms with Crippen molar-refractivity contribution in [2.45, 2.75) is 32.9 Å². The van der Waals surface area contributed by atoms with Gasteiger partial charge in [-0.1, -0.05) is 38.1 Å². The number of hydrogen-bond donors (Lipinski definition) is 2. The second kappa shape index (κ2) is 8.21. The second-order valence-corrected chi connectivity index (χ2v) is 7.03. The van der Waals surface area contributed by atoms with Gasteiger partial charge < -0.3 is 5.32 Å². The van der Waals surface area contributed by atoms with E-state index in [-0.39, 0.29) is 47.8 Å². The third kappa shape index (κ3) is 4.19. The molecule has 0 saturated carbocycles. The summed E-state index contributed by atoms with van der Waals surface area (Å²) in [5.41, 5.74) is 0.0879. The molecule has 0 fully saturated rings. The van der Waals surface area contributed by atoms with Crippen molar-refractivity contribution < 1.29 is 9.18 Å². The Hall–Kier alpha value is -3.22. The van der Waals surface area contributed by atoms with E-state index in [1.165, 1.54) is 12.1 Å². The van der Waals surface area contributed by atoms with E-state index >= 15 is 0 Å². The van der Waals surface area contributed by atoms with Crippen LogP contribution in [-0.2, 0) is 11.3 Å². The van der Waals surface area contributed by atoms with Gasteiger partial charge in [0.1, 0.15) is 5.82 Å². The molecule has 1 aromatic heterocycles. The van der Waals surface area contributed by atoms with Crippen LogP contribution in [0.5, 0.6) is 0 Å². The third-order valence-corrected chi connectivity index (χ3v) is 4.66. The molecule has 0 aliphatic rings. The number of aromatic nitrogens is 2. The first kappa shape index (κ1) is 19.5. The monoisotopic (exact) mass is 383 g/mol. The number of fused-ring (bicyclic) bond motifs is 1. The Balaban J connectivity index is 1.74. The Morgan fingerprint density at radius 3 is 2.36 bits per heavy atom. The normalized spacial score (nSPS) is 12.3. The molecule has 0 aliphatic carbocycles. The van der Waals surface area contributed by atoms with Crippen LogP contribution in [-0.4, -0.2) is 15.7 Å². The van der Waals surface area contributed by atoms with Crippen LogP contribution in [0.2, 0.25) is 0 Å². The maximum atomic E-state index is 13.2. The van der Waals surface area contributed by atoms with Gasteiger partial charge in [-0.3, -0.25) is 19.5 Å². The summed E-state index contributed by atoms with van der Waals surface area (Å²) in [6.07, 6.45) is 0.0264. The highest BCUT2D eigenvalue weighted by molar-refractivity contribution is 5.80. The van der Waals surface area contributed by atoms with E-state index in [0.29, 0.717) is 10.8 Å². The second-order valence-electron chi connectivity index (χ2n) is 7.03. The highest BCUT2D eigenvalue weighted by atomic mass is 19.1. The van der Waals surface area contributed by atoms with Gasteiger partial charge >= 0.3 is 0 Å². The number of hydrogen-bond acceptors (Lipinski definition) is 3. The zero-order valence-corrected chi connectivity index (χ0v) is 15.7. The van der Waals surface area contributed by atoms with E-state index in [0.717, 1.165) is 10.2 Å². The van der Waals surface area contributed by atoms with E-state index in [1.807, 2.05) is 13.8 Å². The van der Waals surface area contributed by atoms with Crippen LogP contribution in [0.15, 0.2) is 58.1 Å². The Morgan fingerprint density at radius 2 is 1.71 bits per heavy atom. The first-order valence-electron chi connectivity index (χ1n) is 9.13. The van der Waals surface area contributed by atoms with Crippen LogP contribution >= 0.6 is 0 Å². The van der Waals surface area contributed by atoms with E-state index < -0.39 is 0 Å². The number of amides is 1. The average Bonchev–Trinajstić information content (AvgIpc) is 2.68. The molecule has 1 heterocycles. The van der Waals surface area contributed by atoms with Gasteiger partial charge in [-0.15, -0.1) is 0 Å². The van der Waals surface area contributed by atoms with Gasteiger partial charge in [0, 0.05) is 6.42 Å². The molecular formula is C21H22FN3O3. The molecule has 28 heavy (non-hydrogen) atoms. The van der Waals surface area contributed by atoms with Gasteiger partial charge in [0.05, 0.1) is 23.4 Å². The minimum absolute atomic E-state index is 0.0264. The van der Waals surface area contributed by atoms with Gasteiger partial charge in [-0.2, -0.15) is 0 Å². The fraction of sp³-hybridized carbons (Fsp3) is 0.286. The number of carbonyl (C=O) groups excluding carboxylic acids is 1. The number of benzene rings is 2. The van der Waals surface area contributed by atoms with Crippen LogP contribution in [0.25, 0.3) is 10.8 Å². The van der Waals surface area contributed by atoms with Crippen molar-refractivity contribution in [3.8, 4) is 0 Å². The lowest BCUT2D eigenvalue weighted by Gasteiger charge is -2.23. The summed E-state index contributed by atoms with van der Waals surface area (Å²) in [4.78, 5) is 37.1. The minimum atomic E-state index is -0.373. The van der Waals surface area contributed by atoms with Crippen LogP contribution in [0, 0.1) is 11.7 Å². The first-order chi connectivity index (χ1) is 13.4. The number of aromatic amines is 1. The Kier molecular flexibility index (Phi) is 5.73. The van der Waals surface area contributed by atoms with Crippen molar-refractivity contribution in [2.75, 3.05) is 0 Å². The molecule has 0 radical (unpaired) electrons. The number of aryl methyl sites for hydroxylation is 1. The first-order valence-corrected chi connectivity index (χ1v) is 9.13. The van der Waals surface area contributed by atoms with Gasteiger partial charge in [0.25, 0.3) is 11.1 Å². The standard InChI is InChI=1S/C21H22FN3O3/c1-13(2)19(14-7-9-15(22)10-8-14)23-18(26)11-12-25-21(28)17-6-4-3-5-16(17)20(27)24-25/h3-10,13,19H,11-12H2,1-2H3,(H,23,26)(H,24,27)/t19-/m1/s1. The quantitative estimate of drug-likeness (QED) is 0.686. The highest BCUT2D eigenvalue weighted by Crippen LogP contribution is 2.22. The Bertz CT molecular complexity index is 1100. The lowest BCUT2D eigenvalue weighted by Crippen LogP contribution is -2.35. The van der Waals surface area contributed by atoms with Crippen molar-refractivity contribution in [1.29, 1.82) is 0 Å². The zero-order valence-electron chi connectivity index (χ0n) is 15.7. The molecule has 0 unspecified atom stereocenters. The molecule has 0 bridgehead atoms. The molecule has 3 aromatic rings. The highest BCUT2D eigenvalue weighted by Gasteiger charge is 2.18. The Labute approximate surface area is 161 Å². The van der Waals surface area contributed by atoms with Crippen molar-refractivity contribution in [1.82, 2.24) is 15.1 Å². The molecule has 0 aliphatic heterocycles. The molecule has 3 rings (SSSR count). The van der Waals surface area contributed by atoms with Crippen molar-refractivity contribution >= 4 is 16.7 Å². The van der Waals surface area contributed by atoms with Crippen molar-refractivity contribution in [3.05, 3.63) is 80.6 Å². The largest absolute Gasteiger partial charge is 0.349 e. The number of halogens is 1. The van der Waals surface area contributed by atoms with Gasteiger partial charge in [-0.25, -0.2) is 9.07 Å². The van der Waals surface area contributed by atoms with E-state index in [2.05, 4.69) is 10.4 Å². The summed E-state index contributed by atoms with van der Waals surface area (Å²) in [6.45, 7) is 3.97. The smallest absolute Gasteiger partial charge is 0.273 e. The van der Waals surface area contributed by atoms with E-state index in [4.69, 9.17) is 0 Å². The summed E-state index contributed by atoms with van der Waals surface area (Å²) in [5, 5.41) is 6.08. The maximum absolute atomic E-state index is 13.2. The van der Waals surface area contributed by atoms with Crippen LogP contribution in [0.4, 0.5) is 4.39 Å². The lowest BCUT2D eigenvalue weighted by molar-refractivity contribution is -0.122. The minimum Gasteiger partial charge on any atom is -0.349 e. The van der Waals surface area contributed by atoms with Crippen LogP contribution in [0.1, 0.15) is 31.9 Å². The summed E-state index contributed by atoms with van der Waals surface area (Å²) in [5.74, 6) is -0.501. The van der Waals surface area contributed by atoms with Crippen molar-refractivity contribution in [3.63, 3.8) is 0 Å². The summed E-state index contributed by atoms with van der Waals surface area (Å²) >= 11 is 0. The summed E-state index contributed by atoms with van der Waals surface area (Å²) in [7, 11) is 0. The SMILES string of the molecule is CC(C)[C@@H](NC(=O)CCn1[nH]c(=O)c2ccccc2c1=O)c1ccc(F)cc1. The van der Waals surface area contributed by atoms with Gasteiger partial charge in [-0.05, 0) is 35.7 Å². The van der Waals surface area contributed by atoms with E-state index in [1.54, 1.807) is 36.4 Å². The topological polar surface area (TPSA) is 84.0 Å². The number of nitrogens with one attached hydrogen (secondary N) is 2. The lowest BCUT2D eigenvalue weighted by atomic mass is 9.96. The predicted octanol–water partition coefficient (Wildman–Crippen LogP) is 2.73. The molecule has 2 aromatic carbocycles. The van der Waals surface area contributed by atoms with Crippen LogP contribution in [0.3, 0.4) is 0 Å². The maximum Gasteiger partial charge on any atom is 0.273 e. The Morgan fingerprint density at radius 1 is 1.07 bits per heavy atom. The number of carbonyl (C=O) groups is 1. The summed E-state index contributed by atoms with van der Waals surface area (Å²) in [6, 6.07) is 12.3. The van der Waals surface area contributed by atoms with Gasteiger partial charge in [0.15, 0.2) is 0 Å². The number of nitrogens with zero attached hydrogens (tertiary/aromatic N) is 1. The fourth-order valence-electron chi connectivity index (χ4n) is 3.17. The van der Waals surface area contributed by atoms with E-state index in [9.17, 15) is 18.8 Å². The van der Waals surface area contributed by atoms with Crippen LogP contribution < -0.4 is 16.4 Å². The van der Waals surface area contributed by atoms with Crippen molar-refractivity contribution in [2.24, 2.45) is 5.92 Å². The average molecular weight is 383 g/mol. The predicted molar refractivity (Wildman–Crippen MR) is 106 cm³/mol. The molecule has 0 spiro atoms.